The highest BCUT2D eigenvalue weighted by atomic mass is 35.5. The van der Waals surface area contributed by atoms with E-state index in [0.717, 1.165) is 17.2 Å². The number of hydrogen-bond donors (Lipinski definition) is 1. The third-order valence-electron chi connectivity index (χ3n) is 5.85. The molecule has 0 fully saturated rings. The molecule has 1 amide bonds. The van der Waals surface area contributed by atoms with Crippen molar-refractivity contribution in [1.82, 2.24) is 0 Å². The fraction of sp³-hybridized carbons (Fsp3) is 0.241. The zero-order chi connectivity index (χ0) is 28.5. The average Bonchev–Trinajstić information content (AvgIpc) is 2.85. The van der Waals surface area contributed by atoms with Gasteiger partial charge >= 0.3 is 6.18 Å². The Morgan fingerprint density at radius 1 is 0.974 bits per heavy atom. The van der Waals surface area contributed by atoms with E-state index in [-0.39, 0.29) is 27.9 Å². The van der Waals surface area contributed by atoms with E-state index in [1.807, 2.05) is 27.7 Å². The summed E-state index contributed by atoms with van der Waals surface area (Å²) >= 11 is 6.05. The summed E-state index contributed by atoms with van der Waals surface area (Å²) in [5, 5.41) is 2.94. The van der Waals surface area contributed by atoms with Crippen molar-refractivity contribution in [2.24, 2.45) is 0 Å². The first-order valence-electron chi connectivity index (χ1n) is 11.9. The number of benzene rings is 3. The Labute approximate surface area is 227 Å². The Balaban J connectivity index is 1.58. The van der Waals surface area contributed by atoms with Gasteiger partial charge in [-0.25, -0.2) is 0 Å². The molecule has 6 nitrogen and oxygen atoms in total. The van der Waals surface area contributed by atoms with Gasteiger partial charge in [0.25, 0.3) is 11.7 Å². The number of anilines is 1. The molecule has 0 aliphatic rings. The van der Waals surface area contributed by atoms with E-state index in [1.54, 1.807) is 30.3 Å². The van der Waals surface area contributed by atoms with Crippen LogP contribution in [0.25, 0.3) is 11.0 Å². The van der Waals surface area contributed by atoms with E-state index in [9.17, 15) is 22.8 Å². The first-order valence-corrected chi connectivity index (χ1v) is 12.3. The molecule has 10 heteroatoms. The predicted molar refractivity (Wildman–Crippen MR) is 143 cm³/mol. The number of ether oxygens (including phenoxy) is 2. The van der Waals surface area contributed by atoms with Crippen LogP contribution in [0.3, 0.4) is 0 Å². The number of amides is 1. The maximum absolute atomic E-state index is 13.9. The van der Waals surface area contributed by atoms with Crippen molar-refractivity contribution in [3.8, 4) is 17.2 Å². The van der Waals surface area contributed by atoms with Crippen molar-refractivity contribution in [3.63, 3.8) is 0 Å². The van der Waals surface area contributed by atoms with Crippen LogP contribution in [-0.4, -0.2) is 12.5 Å². The van der Waals surface area contributed by atoms with Gasteiger partial charge in [-0.05, 0) is 59.9 Å². The molecule has 0 aliphatic carbocycles. The third kappa shape index (κ3) is 6.54. The highest BCUT2D eigenvalue weighted by Gasteiger charge is 2.40. The van der Waals surface area contributed by atoms with Crippen molar-refractivity contribution in [1.29, 1.82) is 0 Å². The Morgan fingerprint density at radius 2 is 1.64 bits per heavy atom. The number of nitrogens with one attached hydrogen (secondary N) is 1. The first-order chi connectivity index (χ1) is 18.2. The fourth-order valence-electron chi connectivity index (χ4n) is 3.68. The summed E-state index contributed by atoms with van der Waals surface area (Å²) in [5.74, 6) is -2.98. The van der Waals surface area contributed by atoms with E-state index in [0.29, 0.717) is 10.7 Å². The molecule has 3 aromatic carbocycles. The lowest BCUT2D eigenvalue weighted by Crippen LogP contribution is -2.20. The van der Waals surface area contributed by atoms with Crippen LogP contribution in [0.1, 0.15) is 37.7 Å². The molecule has 204 valence electrons. The normalized spacial score (nSPS) is 11.9. The molecule has 4 aromatic rings. The summed E-state index contributed by atoms with van der Waals surface area (Å²) in [7, 11) is 0. The molecule has 4 rings (SSSR count). The van der Waals surface area contributed by atoms with Gasteiger partial charge in [-0.1, -0.05) is 50.6 Å². The largest absolute Gasteiger partial charge is 0.484 e. The van der Waals surface area contributed by atoms with E-state index >= 15 is 0 Å². The molecular formula is C29H25ClF3NO5. The highest BCUT2D eigenvalue weighted by molar-refractivity contribution is 6.31. The van der Waals surface area contributed by atoms with Gasteiger partial charge in [0.2, 0.25) is 11.2 Å². The second kappa shape index (κ2) is 10.6. The second-order valence-corrected chi connectivity index (χ2v) is 10.3. The fourth-order valence-corrected chi connectivity index (χ4v) is 3.86. The van der Waals surface area contributed by atoms with Gasteiger partial charge in [0, 0.05) is 16.8 Å². The lowest BCUT2D eigenvalue weighted by atomic mass is 9.87. The first kappa shape index (κ1) is 28.0. The number of hydrogen-bond acceptors (Lipinski definition) is 5. The molecule has 0 aliphatic heterocycles. The summed E-state index contributed by atoms with van der Waals surface area (Å²) in [5.41, 5.74) is 0.704. The molecule has 39 heavy (non-hydrogen) atoms. The predicted octanol–water partition coefficient (Wildman–Crippen LogP) is 7.88. The number of carbonyl (C=O) groups excluding carboxylic acids is 1. The van der Waals surface area contributed by atoms with Crippen LogP contribution in [0.5, 0.6) is 17.2 Å². The molecule has 0 atom stereocenters. The Morgan fingerprint density at radius 3 is 2.26 bits per heavy atom. The molecule has 0 bridgehead atoms. The molecule has 1 heterocycles. The monoisotopic (exact) mass is 559 g/mol. The van der Waals surface area contributed by atoms with Crippen LogP contribution in [0.4, 0.5) is 18.9 Å². The molecule has 0 spiro atoms. The lowest BCUT2D eigenvalue weighted by molar-refractivity contribution is -0.154. The molecular weight excluding hydrogens is 535 g/mol. The molecule has 0 unspecified atom stereocenters. The number of alkyl halides is 3. The van der Waals surface area contributed by atoms with Crippen molar-refractivity contribution in [2.75, 3.05) is 11.9 Å². The topological polar surface area (TPSA) is 77.8 Å². The molecule has 0 saturated carbocycles. The van der Waals surface area contributed by atoms with Gasteiger partial charge in [0.15, 0.2) is 6.61 Å². The van der Waals surface area contributed by atoms with Crippen molar-refractivity contribution < 1.29 is 31.9 Å². The Hall–Kier alpha value is -3.98. The minimum Gasteiger partial charge on any atom is -0.484 e. The summed E-state index contributed by atoms with van der Waals surface area (Å²) in [6.45, 7) is 7.35. The number of rotatable bonds is 6. The Kier molecular flexibility index (Phi) is 7.66. The van der Waals surface area contributed by atoms with Gasteiger partial charge < -0.3 is 19.2 Å². The van der Waals surface area contributed by atoms with Crippen LogP contribution in [-0.2, 0) is 16.4 Å². The average molecular weight is 560 g/mol. The smallest absolute Gasteiger partial charge is 0.453 e. The second-order valence-electron chi connectivity index (χ2n) is 9.92. The van der Waals surface area contributed by atoms with E-state index < -0.39 is 35.6 Å². The zero-order valence-electron chi connectivity index (χ0n) is 21.5. The number of carbonyl (C=O) groups is 1. The standard InChI is InChI=1S/C29H25ClF3NO5/c1-16-5-8-18(13-22(16)30)34-24(35)15-37-20-11-12-21-23(14-20)39-27(29(31,32)33)26(25(21)36)38-19-9-6-17(7-10-19)28(2,3)4/h5-14H,15H2,1-4H3,(H,34,35). The SMILES string of the molecule is Cc1ccc(NC(=O)COc2ccc3c(=O)c(Oc4ccc(C(C)(C)C)cc4)c(C(F)(F)F)oc3c2)cc1Cl. The lowest BCUT2D eigenvalue weighted by Gasteiger charge is -2.19. The van der Waals surface area contributed by atoms with E-state index in [4.69, 9.17) is 25.5 Å². The Bertz CT molecular complexity index is 1590. The molecule has 0 saturated heterocycles. The minimum atomic E-state index is -5.01. The zero-order valence-corrected chi connectivity index (χ0v) is 22.3. The maximum atomic E-state index is 13.9. The summed E-state index contributed by atoms with van der Waals surface area (Å²) in [6, 6.07) is 15.1. The highest BCUT2D eigenvalue weighted by Crippen LogP contribution is 2.39. The minimum absolute atomic E-state index is 0.0299. The number of halogens is 4. The van der Waals surface area contributed by atoms with Crippen LogP contribution >= 0.6 is 11.6 Å². The molecule has 1 aromatic heterocycles. The van der Waals surface area contributed by atoms with Gasteiger partial charge in [0.1, 0.15) is 17.1 Å². The summed E-state index contributed by atoms with van der Waals surface area (Å²) in [4.78, 5) is 25.3. The van der Waals surface area contributed by atoms with Crippen LogP contribution in [0, 0.1) is 6.92 Å². The number of aryl methyl sites for hydroxylation is 1. The summed E-state index contributed by atoms with van der Waals surface area (Å²) in [6.07, 6.45) is -5.01. The third-order valence-corrected chi connectivity index (χ3v) is 6.25. The quantitative estimate of drug-likeness (QED) is 0.260. The van der Waals surface area contributed by atoms with E-state index in [1.165, 1.54) is 24.3 Å². The van der Waals surface area contributed by atoms with Crippen molar-refractivity contribution >= 4 is 34.2 Å². The molecule has 1 N–H and O–H groups in total. The van der Waals surface area contributed by atoms with Gasteiger partial charge in [-0.2, -0.15) is 13.2 Å². The number of fused-ring (bicyclic) bond motifs is 1. The van der Waals surface area contributed by atoms with Crippen LogP contribution < -0.4 is 20.2 Å². The van der Waals surface area contributed by atoms with Gasteiger partial charge in [0.05, 0.1) is 5.39 Å². The van der Waals surface area contributed by atoms with Crippen molar-refractivity contribution in [3.05, 3.63) is 92.8 Å². The van der Waals surface area contributed by atoms with Gasteiger partial charge in [-0.3, -0.25) is 9.59 Å². The van der Waals surface area contributed by atoms with Gasteiger partial charge in [-0.15, -0.1) is 0 Å². The van der Waals surface area contributed by atoms with Crippen LogP contribution in [0.15, 0.2) is 69.9 Å². The maximum Gasteiger partial charge on any atom is 0.453 e. The summed E-state index contributed by atoms with van der Waals surface area (Å²) < 4.78 is 57.6. The molecule has 0 radical (unpaired) electrons. The van der Waals surface area contributed by atoms with E-state index in [2.05, 4.69) is 5.32 Å². The van der Waals surface area contributed by atoms with Crippen molar-refractivity contribution in [2.45, 2.75) is 39.3 Å². The van der Waals surface area contributed by atoms with Crippen LogP contribution in [0.2, 0.25) is 5.02 Å².